The van der Waals surface area contributed by atoms with Crippen LogP contribution < -0.4 is 0 Å². The Morgan fingerprint density at radius 1 is 1.67 bits per heavy atom. The maximum atomic E-state index is 10.8. The predicted molar refractivity (Wildman–Crippen MR) is 17.1 cm³/mol. The van der Waals surface area contributed by atoms with Gasteiger partial charge in [0.25, 0.3) is 0 Å². The Morgan fingerprint density at radius 3 is 1.83 bits per heavy atom. The van der Waals surface area contributed by atoms with Crippen LogP contribution in [0.15, 0.2) is 0 Å². The van der Waals surface area contributed by atoms with Crippen LogP contribution in [0.2, 0.25) is 0 Å². The zero-order valence-corrected chi connectivity index (χ0v) is 3.28. The Balaban J connectivity index is 2.99. The molecule has 0 aromatic heterocycles. The van der Waals surface area contributed by atoms with E-state index in [-0.39, 0.29) is 0 Å². The molecule has 0 aromatic rings. The number of aliphatic hydroxyl groups excluding tert-OH is 1. The third-order valence-corrected chi connectivity index (χ3v) is 0.316. The highest BCUT2D eigenvalue weighted by Crippen LogP contribution is 2.06. The van der Waals surface area contributed by atoms with Crippen molar-refractivity contribution in [1.29, 1.82) is 0 Å². The molecular weight excluding hydrogens is 90.0 g/mol. The molecule has 0 aliphatic rings. The first-order valence-electron chi connectivity index (χ1n) is 1.50. The van der Waals surface area contributed by atoms with Gasteiger partial charge in [0.2, 0.25) is 0 Å². The maximum absolute atomic E-state index is 10.8. The SMILES string of the molecule is CC(O)[C](F)F. The lowest BCUT2D eigenvalue weighted by molar-refractivity contribution is 0.0949. The molecule has 0 saturated carbocycles. The van der Waals surface area contributed by atoms with Gasteiger partial charge < -0.3 is 5.11 Å². The van der Waals surface area contributed by atoms with E-state index in [1.54, 1.807) is 0 Å². The average Bonchev–Trinajstić information content (AvgIpc) is 1.36. The molecule has 0 aromatic carbocycles. The summed E-state index contributed by atoms with van der Waals surface area (Å²) in [6.07, 6.45) is -3.50. The van der Waals surface area contributed by atoms with Crippen LogP contribution in [0.4, 0.5) is 8.78 Å². The molecule has 0 spiro atoms. The molecule has 6 heavy (non-hydrogen) atoms. The van der Waals surface area contributed by atoms with Crippen molar-refractivity contribution in [2.75, 3.05) is 0 Å². The number of aliphatic hydroxyl groups is 1. The summed E-state index contributed by atoms with van der Waals surface area (Å²) in [5.41, 5.74) is 0. The van der Waals surface area contributed by atoms with E-state index in [4.69, 9.17) is 5.11 Å². The molecule has 37 valence electrons. The van der Waals surface area contributed by atoms with Gasteiger partial charge in [-0.3, -0.25) is 0 Å². The first-order chi connectivity index (χ1) is 2.64. The summed E-state index contributed by atoms with van der Waals surface area (Å²) in [5, 5.41) is 7.84. The van der Waals surface area contributed by atoms with Crippen LogP contribution in [0.1, 0.15) is 6.92 Å². The summed E-state index contributed by atoms with van der Waals surface area (Å²) in [6.45, 7) is 1.01. The van der Waals surface area contributed by atoms with Gasteiger partial charge in [0, 0.05) is 0 Å². The summed E-state index contributed by atoms with van der Waals surface area (Å²) in [7, 11) is 0. The molecule has 0 rings (SSSR count). The van der Waals surface area contributed by atoms with Crippen molar-refractivity contribution in [1.82, 2.24) is 0 Å². The molecule has 0 amide bonds. The summed E-state index contributed by atoms with van der Waals surface area (Å²) < 4.78 is 21.6. The van der Waals surface area contributed by atoms with Crippen LogP contribution in [0.25, 0.3) is 0 Å². The standard InChI is InChI=1S/C3H5F2O/c1-2(6)3(4)5/h2,6H,1H3. The van der Waals surface area contributed by atoms with E-state index in [0.717, 1.165) is 6.92 Å². The third kappa shape index (κ3) is 2.08. The van der Waals surface area contributed by atoms with Crippen LogP contribution in [-0.2, 0) is 0 Å². The fourth-order valence-electron chi connectivity index (χ4n) is 0. The second kappa shape index (κ2) is 2.08. The smallest absolute Gasteiger partial charge is 0.337 e. The molecule has 1 N–H and O–H groups in total. The molecule has 0 saturated heterocycles. The second-order valence-corrected chi connectivity index (χ2v) is 0.966. The van der Waals surface area contributed by atoms with E-state index in [1.165, 1.54) is 0 Å². The molecule has 0 fully saturated rings. The van der Waals surface area contributed by atoms with Crippen molar-refractivity contribution in [2.45, 2.75) is 13.0 Å². The molecule has 0 heterocycles. The van der Waals surface area contributed by atoms with E-state index < -0.39 is 12.5 Å². The summed E-state index contributed by atoms with van der Waals surface area (Å²) in [4.78, 5) is 0. The topological polar surface area (TPSA) is 20.2 Å². The van der Waals surface area contributed by atoms with Gasteiger partial charge in [0.1, 0.15) is 6.10 Å². The molecule has 0 aliphatic heterocycles. The molecule has 1 atom stereocenters. The van der Waals surface area contributed by atoms with Crippen molar-refractivity contribution in [2.24, 2.45) is 0 Å². The molecule has 3 heteroatoms. The molecule has 1 unspecified atom stereocenters. The Kier molecular flexibility index (Phi) is 2.01. The monoisotopic (exact) mass is 95.0 g/mol. The summed E-state index contributed by atoms with van der Waals surface area (Å²) in [5.74, 6) is 0. The highest BCUT2D eigenvalue weighted by molar-refractivity contribution is 4.65. The number of rotatable bonds is 1. The third-order valence-electron chi connectivity index (χ3n) is 0.316. The molecular formula is C3H5F2O. The maximum Gasteiger partial charge on any atom is 0.337 e. The van der Waals surface area contributed by atoms with Gasteiger partial charge in [-0.1, -0.05) is 0 Å². The fraction of sp³-hybridized carbons (Fsp3) is 0.667. The lowest BCUT2D eigenvalue weighted by Gasteiger charge is -1.94. The molecule has 1 nitrogen and oxygen atoms in total. The Morgan fingerprint density at radius 2 is 1.83 bits per heavy atom. The van der Waals surface area contributed by atoms with E-state index in [2.05, 4.69) is 0 Å². The van der Waals surface area contributed by atoms with Gasteiger partial charge >= 0.3 is 6.43 Å². The number of halogens is 2. The van der Waals surface area contributed by atoms with Gasteiger partial charge in [0.15, 0.2) is 0 Å². The van der Waals surface area contributed by atoms with Crippen LogP contribution >= 0.6 is 0 Å². The highest BCUT2D eigenvalue weighted by atomic mass is 19.3. The fourth-order valence-corrected chi connectivity index (χ4v) is 0. The quantitative estimate of drug-likeness (QED) is 0.510. The minimum Gasteiger partial charge on any atom is -0.387 e. The Bertz CT molecular complexity index is 29.8. The zero-order valence-electron chi connectivity index (χ0n) is 3.28. The van der Waals surface area contributed by atoms with Gasteiger partial charge in [0.05, 0.1) is 0 Å². The van der Waals surface area contributed by atoms with Crippen LogP contribution in [0, 0.1) is 6.43 Å². The Hall–Kier alpha value is -0.180. The minimum absolute atomic E-state index is 1.01. The molecule has 0 bridgehead atoms. The number of hydrogen-bond acceptors (Lipinski definition) is 1. The van der Waals surface area contributed by atoms with Crippen molar-refractivity contribution >= 4 is 0 Å². The predicted octanol–water partition coefficient (Wildman–Crippen LogP) is 0.796. The number of hydrogen-bond donors (Lipinski definition) is 1. The molecule has 1 radical (unpaired) electrons. The van der Waals surface area contributed by atoms with Crippen molar-refractivity contribution < 1.29 is 13.9 Å². The van der Waals surface area contributed by atoms with E-state index >= 15 is 0 Å². The molecule has 0 aliphatic carbocycles. The lowest BCUT2D eigenvalue weighted by Crippen LogP contribution is -2.02. The normalized spacial score (nSPS) is 15.5. The van der Waals surface area contributed by atoms with Gasteiger partial charge in [-0.2, -0.15) is 8.78 Å². The van der Waals surface area contributed by atoms with E-state index in [1.807, 2.05) is 0 Å². The van der Waals surface area contributed by atoms with Crippen molar-refractivity contribution in [3.05, 3.63) is 6.43 Å². The highest BCUT2D eigenvalue weighted by Gasteiger charge is 2.11. The second-order valence-electron chi connectivity index (χ2n) is 0.966. The summed E-state index contributed by atoms with van der Waals surface area (Å²) >= 11 is 0. The van der Waals surface area contributed by atoms with E-state index in [9.17, 15) is 8.78 Å². The van der Waals surface area contributed by atoms with Crippen LogP contribution in [0.5, 0.6) is 0 Å². The lowest BCUT2D eigenvalue weighted by atomic mass is 10.4. The van der Waals surface area contributed by atoms with Gasteiger partial charge in [-0.15, -0.1) is 0 Å². The largest absolute Gasteiger partial charge is 0.387 e. The average molecular weight is 95.1 g/mol. The van der Waals surface area contributed by atoms with Crippen LogP contribution in [-0.4, -0.2) is 11.2 Å². The zero-order chi connectivity index (χ0) is 5.15. The first-order valence-corrected chi connectivity index (χ1v) is 1.50. The Labute approximate surface area is 34.6 Å². The van der Waals surface area contributed by atoms with Crippen molar-refractivity contribution in [3.8, 4) is 0 Å². The minimum atomic E-state index is -1.94. The first kappa shape index (κ1) is 5.82. The van der Waals surface area contributed by atoms with Crippen LogP contribution in [0.3, 0.4) is 0 Å². The van der Waals surface area contributed by atoms with Crippen molar-refractivity contribution in [3.63, 3.8) is 0 Å². The summed E-state index contributed by atoms with van der Waals surface area (Å²) in [6, 6.07) is 0. The van der Waals surface area contributed by atoms with E-state index in [0.29, 0.717) is 0 Å². The van der Waals surface area contributed by atoms with Gasteiger partial charge in [-0.25, -0.2) is 0 Å². The van der Waals surface area contributed by atoms with Gasteiger partial charge in [-0.05, 0) is 6.92 Å².